The average Bonchev–Trinajstić information content (AvgIpc) is 2.51. The van der Waals surface area contributed by atoms with E-state index < -0.39 is 6.04 Å². The molecule has 23 heavy (non-hydrogen) atoms. The zero-order chi connectivity index (χ0) is 17.4. The fourth-order valence-electron chi connectivity index (χ4n) is 2.18. The van der Waals surface area contributed by atoms with Gasteiger partial charge in [-0.15, -0.1) is 0 Å². The van der Waals surface area contributed by atoms with Gasteiger partial charge in [-0.3, -0.25) is 9.59 Å². The van der Waals surface area contributed by atoms with Gasteiger partial charge in [0.1, 0.15) is 11.9 Å². The molecule has 0 heterocycles. The van der Waals surface area contributed by atoms with Crippen LogP contribution < -0.4 is 5.32 Å². The maximum atomic E-state index is 13.0. The number of hydrogen-bond donors (Lipinski definition) is 1. The lowest BCUT2D eigenvalue weighted by Gasteiger charge is -2.29. The molecule has 0 unspecified atom stereocenters. The van der Waals surface area contributed by atoms with Crippen molar-refractivity contribution in [1.29, 1.82) is 0 Å². The molecule has 1 aromatic carbocycles. The molecule has 1 rings (SSSR count). The lowest BCUT2D eigenvalue weighted by Crippen LogP contribution is -2.48. The lowest BCUT2D eigenvalue weighted by molar-refractivity contribution is -0.140. The van der Waals surface area contributed by atoms with Crippen LogP contribution in [0.15, 0.2) is 24.3 Å². The molecule has 5 heteroatoms. The van der Waals surface area contributed by atoms with Crippen LogP contribution in [0.5, 0.6) is 0 Å². The van der Waals surface area contributed by atoms with Crippen molar-refractivity contribution < 1.29 is 14.0 Å². The molecular formula is C18H27FN2O2. The van der Waals surface area contributed by atoms with Crippen LogP contribution in [0.4, 0.5) is 4.39 Å². The first-order chi connectivity index (χ1) is 10.8. The largest absolute Gasteiger partial charge is 0.354 e. The number of benzene rings is 1. The van der Waals surface area contributed by atoms with E-state index in [1.165, 1.54) is 12.1 Å². The average molecular weight is 322 g/mol. The molecule has 0 aromatic heterocycles. The predicted octanol–water partition coefficient (Wildman–Crippen LogP) is 3.12. The third-order valence-corrected chi connectivity index (χ3v) is 3.58. The molecule has 4 nitrogen and oxygen atoms in total. The summed E-state index contributed by atoms with van der Waals surface area (Å²) in [5.74, 6) is -0.194. The Morgan fingerprint density at radius 1 is 1.17 bits per heavy atom. The van der Waals surface area contributed by atoms with Crippen molar-refractivity contribution in [2.75, 3.05) is 6.54 Å². The fraction of sp³-hybridized carbons (Fsp3) is 0.556. The molecule has 0 aliphatic heterocycles. The number of rotatable bonds is 8. The van der Waals surface area contributed by atoms with Crippen LogP contribution in [0.2, 0.25) is 0 Å². The van der Waals surface area contributed by atoms with Crippen molar-refractivity contribution in [2.45, 2.75) is 53.1 Å². The van der Waals surface area contributed by atoms with Gasteiger partial charge in [0.2, 0.25) is 11.8 Å². The van der Waals surface area contributed by atoms with Crippen LogP contribution in [0.3, 0.4) is 0 Å². The molecule has 0 aliphatic carbocycles. The standard InChI is InChI=1S/C18H27FN2O2/c1-5-6-17(22)21(12-15-7-9-16(19)10-8-15)14(4)18(23)20-11-13(2)3/h7-10,13-14H,5-6,11-12H2,1-4H3,(H,20,23)/t14-/m0/s1. The zero-order valence-corrected chi connectivity index (χ0v) is 14.4. The minimum atomic E-state index is -0.558. The summed E-state index contributed by atoms with van der Waals surface area (Å²) in [4.78, 5) is 26.2. The van der Waals surface area contributed by atoms with E-state index in [2.05, 4.69) is 5.32 Å². The monoisotopic (exact) mass is 322 g/mol. The van der Waals surface area contributed by atoms with Gasteiger partial charge in [0.05, 0.1) is 0 Å². The molecule has 0 saturated heterocycles. The van der Waals surface area contributed by atoms with Crippen molar-refractivity contribution in [3.8, 4) is 0 Å². The fourth-order valence-corrected chi connectivity index (χ4v) is 2.18. The Kier molecular flexibility index (Phi) is 7.72. The summed E-state index contributed by atoms with van der Waals surface area (Å²) in [6.45, 7) is 8.57. The van der Waals surface area contributed by atoms with E-state index in [1.807, 2.05) is 20.8 Å². The van der Waals surface area contributed by atoms with Gasteiger partial charge in [-0.05, 0) is 37.0 Å². The van der Waals surface area contributed by atoms with Gasteiger partial charge in [0.15, 0.2) is 0 Å². The summed E-state index contributed by atoms with van der Waals surface area (Å²) < 4.78 is 13.0. The van der Waals surface area contributed by atoms with Crippen LogP contribution in [0, 0.1) is 11.7 Å². The van der Waals surface area contributed by atoms with E-state index in [4.69, 9.17) is 0 Å². The Hall–Kier alpha value is -1.91. The summed E-state index contributed by atoms with van der Waals surface area (Å²) in [6, 6.07) is 5.45. The number of carbonyl (C=O) groups is 2. The van der Waals surface area contributed by atoms with Crippen molar-refractivity contribution in [1.82, 2.24) is 10.2 Å². The summed E-state index contributed by atoms with van der Waals surface area (Å²) in [5.41, 5.74) is 0.805. The molecule has 1 N–H and O–H groups in total. The van der Waals surface area contributed by atoms with Gasteiger partial charge >= 0.3 is 0 Å². The molecule has 0 fully saturated rings. The first kappa shape index (κ1) is 19.1. The van der Waals surface area contributed by atoms with Crippen LogP contribution in [-0.4, -0.2) is 29.3 Å². The Morgan fingerprint density at radius 3 is 2.30 bits per heavy atom. The maximum Gasteiger partial charge on any atom is 0.242 e. The Labute approximate surface area is 138 Å². The molecule has 0 bridgehead atoms. The van der Waals surface area contributed by atoms with Crippen LogP contribution in [-0.2, 0) is 16.1 Å². The predicted molar refractivity (Wildman–Crippen MR) is 89.2 cm³/mol. The molecule has 0 spiro atoms. The van der Waals surface area contributed by atoms with Crippen LogP contribution in [0.25, 0.3) is 0 Å². The van der Waals surface area contributed by atoms with E-state index in [-0.39, 0.29) is 17.6 Å². The van der Waals surface area contributed by atoms with E-state index in [0.717, 1.165) is 12.0 Å². The Bertz CT molecular complexity index is 514. The van der Waals surface area contributed by atoms with Crippen LogP contribution >= 0.6 is 0 Å². The second kappa shape index (κ2) is 9.28. The van der Waals surface area contributed by atoms with Gasteiger partial charge < -0.3 is 10.2 Å². The third-order valence-electron chi connectivity index (χ3n) is 3.58. The summed E-state index contributed by atoms with van der Waals surface area (Å²) in [6.07, 6.45) is 1.11. The number of amides is 2. The number of hydrogen-bond acceptors (Lipinski definition) is 2. The summed E-state index contributed by atoms with van der Waals surface area (Å²) >= 11 is 0. The van der Waals surface area contributed by atoms with Crippen molar-refractivity contribution in [3.05, 3.63) is 35.6 Å². The Balaban J connectivity index is 2.84. The molecule has 2 amide bonds. The smallest absolute Gasteiger partial charge is 0.242 e. The normalized spacial score (nSPS) is 12.1. The summed E-state index contributed by atoms with van der Waals surface area (Å²) in [5, 5.41) is 2.86. The molecule has 128 valence electrons. The minimum absolute atomic E-state index is 0.0657. The van der Waals surface area contributed by atoms with Gasteiger partial charge in [-0.1, -0.05) is 32.9 Å². The number of nitrogens with one attached hydrogen (secondary N) is 1. The number of halogens is 1. The van der Waals surface area contributed by atoms with E-state index in [9.17, 15) is 14.0 Å². The van der Waals surface area contributed by atoms with Crippen molar-refractivity contribution in [2.24, 2.45) is 5.92 Å². The second-order valence-electron chi connectivity index (χ2n) is 6.21. The molecule has 0 saturated carbocycles. The molecule has 0 aliphatic rings. The van der Waals surface area contributed by atoms with Gasteiger partial charge in [-0.25, -0.2) is 4.39 Å². The van der Waals surface area contributed by atoms with Crippen molar-refractivity contribution >= 4 is 11.8 Å². The van der Waals surface area contributed by atoms with Crippen molar-refractivity contribution in [3.63, 3.8) is 0 Å². The zero-order valence-electron chi connectivity index (χ0n) is 14.4. The second-order valence-corrected chi connectivity index (χ2v) is 6.21. The highest BCUT2D eigenvalue weighted by Crippen LogP contribution is 2.12. The first-order valence-corrected chi connectivity index (χ1v) is 8.16. The molecule has 1 atom stereocenters. The highest BCUT2D eigenvalue weighted by atomic mass is 19.1. The molecular weight excluding hydrogens is 295 g/mol. The number of carbonyl (C=O) groups excluding carboxylic acids is 2. The SMILES string of the molecule is CCCC(=O)N(Cc1ccc(F)cc1)[C@@H](C)C(=O)NCC(C)C. The molecule has 1 aromatic rings. The minimum Gasteiger partial charge on any atom is -0.354 e. The van der Waals surface area contributed by atoms with Gasteiger partial charge in [-0.2, -0.15) is 0 Å². The third kappa shape index (κ3) is 6.38. The van der Waals surface area contributed by atoms with Gasteiger partial charge in [0, 0.05) is 19.5 Å². The highest BCUT2D eigenvalue weighted by molar-refractivity contribution is 5.87. The van der Waals surface area contributed by atoms with E-state index in [0.29, 0.717) is 25.4 Å². The quantitative estimate of drug-likeness (QED) is 0.799. The molecule has 0 radical (unpaired) electrons. The highest BCUT2D eigenvalue weighted by Gasteiger charge is 2.25. The Morgan fingerprint density at radius 2 is 1.78 bits per heavy atom. The van der Waals surface area contributed by atoms with Gasteiger partial charge in [0.25, 0.3) is 0 Å². The van der Waals surface area contributed by atoms with E-state index >= 15 is 0 Å². The maximum absolute atomic E-state index is 13.0. The van der Waals surface area contributed by atoms with E-state index in [1.54, 1.807) is 24.0 Å². The lowest BCUT2D eigenvalue weighted by atomic mass is 10.1. The first-order valence-electron chi connectivity index (χ1n) is 8.16. The van der Waals surface area contributed by atoms with Crippen LogP contribution in [0.1, 0.15) is 46.1 Å². The number of nitrogens with zero attached hydrogens (tertiary/aromatic N) is 1. The topological polar surface area (TPSA) is 49.4 Å². The summed E-state index contributed by atoms with van der Waals surface area (Å²) in [7, 11) is 0.